The van der Waals surface area contributed by atoms with Crippen LogP contribution in [0.25, 0.3) is 0 Å². The van der Waals surface area contributed by atoms with Crippen LogP contribution in [0.4, 0.5) is 0 Å². The van der Waals surface area contributed by atoms with Crippen LogP contribution in [0.1, 0.15) is 43.9 Å². The van der Waals surface area contributed by atoms with Crippen molar-refractivity contribution in [3.8, 4) is 5.75 Å². The molecule has 0 fully saturated rings. The minimum Gasteiger partial charge on any atom is -0.508 e. The molecule has 1 N–H and O–H groups in total. The van der Waals surface area contributed by atoms with Crippen molar-refractivity contribution < 1.29 is 5.11 Å². The average Bonchev–Trinajstić information content (AvgIpc) is 2.42. The van der Waals surface area contributed by atoms with E-state index in [1.54, 1.807) is 0 Å². The normalized spacial score (nSPS) is 11.5. The van der Waals surface area contributed by atoms with Gasteiger partial charge in [0.25, 0.3) is 0 Å². The van der Waals surface area contributed by atoms with E-state index < -0.39 is 0 Å². The highest BCUT2D eigenvalue weighted by molar-refractivity contribution is 5.43. The van der Waals surface area contributed by atoms with Gasteiger partial charge in [0.05, 0.1) is 0 Å². The first kappa shape index (κ1) is 13.7. The first-order chi connectivity index (χ1) is 9.05. The third kappa shape index (κ3) is 2.81. The van der Waals surface area contributed by atoms with Gasteiger partial charge in [0.15, 0.2) is 0 Å². The Morgan fingerprint density at radius 1 is 0.947 bits per heavy atom. The summed E-state index contributed by atoms with van der Waals surface area (Å²) in [7, 11) is 0. The number of hydrogen-bond acceptors (Lipinski definition) is 1. The molecule has 1 heteroatoms. The lowest BCUT2D eigenvalue weighted by Gasteiger charge is -2.27. The van der Waals surface area contributed by atoms with E-state index in [4.69, 9.17) is 0 Å². The van der Waals surface area contributed by atoms with E-state index in [1.807, 2.05) is 18.2 Å². The molecule has 0 saturated heterocycles. The molecule has 0 atom stereocenters. The summed E-state index contributed by atoms with van der Waals surface area (Å²) in [4.78, 5) is 0. The van der Waals surface area contributed by atoms with Crippen LogP contribution >= 0.6 is 0 Å². The summed E-state index contributed by atoms with van der Waals surface area (Å²) < 4.78 is 0. The molecular weight excluding hydrogens is 232 g/mol. The monoisotopic (exact) mass is 254 g/mol. The Morgan fingerprint density at radius 2 is 1.63 bits per heavy atom. The van der Waals surface area contributed by atoms with Crippen LogP contribution in [0, 0.1) is 0 Å². The lowest BCUT2D eigenvalue weighted by Crippen LogP contribution is -2.19. The lowest BCUT2D eigenvalue weighted by atomic mass is 9.77. The fourth-order valence-corrected chi connectivity index (χ4v) is 2.47. The lowest BCUT2D eigenvalue weighted by molar-refractivity contribution is 0.466. The van der Waals surface area contributed by atoms with Crippen LogP contribution in [0.3, 0.4) is 0 Å². The van der Waals surface area contributed by atoms with Gasteiger partial charge in [-0.05, 0) is 29.2 Å². The standard InChI is InChI=1S/C18H22O/c1-4-8-14-13-16(11-12-17(14)19)18(2,3)15-9-6-5-7-10-15/h5-7,9-13,19H,4,8H2,1-3H3. The highest BCUT2D eigenvalue weighted by atomic mass is 16.3. The Kier molecular flexibility index (Phi) is 3.94. The second kappa shape index (κ2) is 5.48. The maximum absolute atomic E-state index is 9.90. The van der Waals surface area contributed by atoms with Crippen molar-refractivity contribution in [3.05, 3.63) is 65.2 Å². The van der Waals surface area contributed by atoms with Gasteiger partial charge in [0.2, 0.25) is 0 Å². The molecule has 0 aliphatic carbocycles. The Balaban J connectivity index is 2.43. The predicted molar refractivity (Wildman–Crippen MR) is 80.7 cm³/mol. The number of aryl methyl sites for hydroxylation is 1. The van der Waals surface area contributed by atoms with Gasteiger partial charge in [-0.15, -0.1) is 0 Å². The second-order valence-electron chi connectivity index (χ2n) is 5.58. The Hall–Kier alpha value is -1.76. The van der Waals surface area contributed by atoms with Gasteiger partial charge in [0.1, 0.15) is 5.75 Å². The van der Waals surface area contributed by atoms with E-state index >= 15 is 0 Å². The number of phenolic OH excluding ortho intramolecular Hbond substituents is 1. The number of hydrogen-bond donors (Lipinski definition) is 1. The predicted octanol–water partition coefficient (Wildman–Crippen LogP) is 4.67. The number of phenols is 1. The average molecular weight is 254 g/mol. The van der Waals surface area contributed by atoms with Crippen LogP contribution < -0.4 is 0 Å². The third-order valence-corrected chi connectivity index (χ3v) is 3.82. The molecule has 2 aromatic carbocycles. The topological polar surface area (TPSA) is 20.2 Å². The Morgan fingerprint density at radius 3 is 2.26 bits per heavy atom. The summed E-state index contributed by atoms with van der Waals surface area (Å²) in [6.07, 6.45) is 1.97. The molecule has 0 unspecified atom stereocenters. The highest BCUT2D eigenvalue weighted by Gasteiger charge is 2.23. The molecule has 100 valence electrons. The smallest absolute Gasteiger partial charge is 0.118 e. The molecule has 1 nitrogen and oxygen atoms in total. The van der Waals surface area contributed by atoms with E-state index in [-0.39, 0.29) is 5.41 Å². The molecule has 0 saturated carbocycles. The van der Waals surface area contributed by atoms with E-state index in [9.17, 15) is 5.11 Å². The molecule has 0 aliphatic heterocycles. The summed E-state index contributed by atoms with van der Waals surface area (Å²) in [6, 6.07) is 16.5. The number of rotatable bonds is 4. The van der Waals surface area contributed by atoms with Crippen LogP contribution in [0.15, 0.2) is 48.5 Å². The fraction of sp³-hybridized carbons (Fsp3) is 0.333. The van der Waals surface area contributed by atoms with E-state index in [0.29, 0.717) is 5.75 Å². The van der Waals surface area contributed by atoms with Gasteiger partial charge >= 0.3 is 0 Å². The summed E-state index contributed by atoms with van der Waals surface area (Å²) >= 11 is 0. The quantitative estimate of drug-likeness (QED) is 0.840. The third-order valence-electron chi connectivity index (χ3n) is 3.82. The zero-order valence-corrected chi connectivity index (χ0v) is 12.0. The van der Waals surface area contributed by atoms with Gasteiger partial charge in [-0.3, -0.25) is 0 Å². The van der Waals surface area contributed by atoms with Gasteiger partial charge < -0.3 is 5.11 Å². The van der Waals surface area contributed by atoms with Gasteiger partial charge in [-0.25, -0.2) is 0 Å². The van der Waals surface area contributed by atoms with Crippen LogP contribution in [-0.2, 0) is 11.8 Å². The minimum atomic E-state index is -0.0442. The van der Waals surface area contributed by atoms with Gasteiger partial charge in [-0.1, -0.05) is 69.7 Å². The molecular formula is C18H22O. The van der Waals surface area contributed by atoms with E-state index in [0.717, 1.165) is 18.4 Å². The first-order valence-electron chi connectivity index (χ1n) is 6.93. The van der Waals surface area contributed by atoms with Gasteiger partial charge in [-0.2, -0.15) is 0 Å². The Bertz CT molecular complexity index is 541. The Labute approximate surface area is 115 Å². The summed E-state index contributed by atoms with van der Waals surface area (Å²) in [5, 5.41) is 9.90. The van der Waals surface area contributed by atoms with Crippen molar-refractivity contribution in [3.63, 3.8) is 0 Å². The largest absolute Gasteiger partial charge is 0.508 e. The molecule has 0 radical (unpaired) electrons. The molecule has 0 heterocycles. The maximum Gasteiger partial charge on any atom is 0.118 e. The first-order valence-corrected chi connectivity index (χ1v) is 6.93. The summed E-state index contributed by atoms with van der Waals surface area (Å²) in [5.41, 5.74) is 3.55. The van der Waals surface area contributed by atoms with Crippen molar-refractivity contribution in [2.24, 2.45) is 0 Å². The summed E-state index contributed by atoms with van der Waals surface area (Å²) in [5.74, 6) is 0.412. The molecule has 0 amide bonds. The maximum atomic E-state index is 9.90. The van der Waals surface area contributed by atoms with Crippen molar-refractivity contribution in [2.75, 3.05) is 0 Å². The molecule has 2 rings (SSSR count). The molecule has 0 aliphatic rings. The van der Waals surface area contributed by atoms with E-state index in [1.165, 1.54) is 11.1 Å². The van der Waals surface area contributed by atoms with Crippen molar-refractivity contribution >= 4 is 0 Å². The zero-order chi connectivity index (χ0) is 13.9. The fourth-order valence-electron chi connectivity index (χ4n) is 2.47. The molecule has 19 heavy (non-hydrogen) atoms. The second-order valence-corrected chi connectivity index (χ2v) is 5.58. The van der Waals surface area contributed by atoms with Crippen molar-refractivity contribution in [2.45, 2.75) is 39.0 Å². The molecule has 0 spiro atoms. The van der Waals surface area contributed by atoms with Crippen LogP contribution in [0.5, 0.6) is 5.75 Å². The SMILES string of the molecule is CCCc1cc(C(C)(C)c2ccccc2)ccc1O. The van der Waals surface area contributed by atoms with Crippen molar-refractivity contribution in [1.29, 1.82) is 0 Å². The van der Waals surface area contributed by atoms with E-state index in [2.05, 4.69) is 51.1 Å². The van der Waals surface area contributed by atoms with Crippen molar-refractivity contribution in [1.82, 2.24) is 0 Å². The van der Waals surface area contributed by atoms with Crippen LogP contribution in [-0.4, -0.2) is 5.11 Å². The minimum absolute atomic E-state index is 0.0442. The molecule has 0 aromatic heterocycles. The highest BCUT2D eigenvalue weighted by Crippen LogP contribution is 2.33. The molecule has 0 bridgehead atoms. The van der Waals surface area contributed by atoms with Crippen LogP contribution in [0.2, 0.25) is 0 Å². The summed E-state index contributed by atoms with van der Waals surface area (Å²) in [6.45, 7) is 6.59. The van der Waals surface area contributed by atoms with Gasteiger partial charge in [0, 0.05) is 5.41 Å². The number of benzene rings is 2. The zero-order valence-electron chi connectivity index (χ0n) is 12.0. The molecule has 2 aromatic rings. The number of aromatic hydroxyl groups is 1.